The number of hydrogen-bond acceptors (Lipinski definition) is 5. The fourth-order valence-electron chi connectivity index (χ4n) is 3.05. The van der Waals surface area contributed by atoms with E-state index in [9.17, 15) is 13.6 Å². The molecule has 0 aliphatic carbocycles. The number of para-hydroxylation sites is 2. The number of carbonyl (C=O) groups excluding carboxylic acids is 1. The van der Waals surface area contributed by atoms with Crippen LogP contribution in [0.15, 0.2) is 24.3 Å². The lowest BCUT2D eigenvalue weighted by atomic mass is 10.2. The summed E-state index contributed by atoms with van der Waals surface area (Å²) in [5.74, 6) is -0.196. The fourth-order valence-corrected chi connectivity index (χ4v) is 3.05. The maximum Gasteiger partial charge on any atom is 0.336 e. The molecule has 2 aromatic rings. The van der Waals surface area contributed by atoms with Crippen LogP contribution in [0.3, 0.4) is 0 Å². The van der Waals surface area contributed by atoms with Gasteiger partial charge >= 0.3 is 12.5 Å². The summed E-state index contributed by atoms with van der Waals surface area (Å²) in [4.78, 5) is 17.9. The molecule has 24 heavy (non-hydrogen) atoms. The van der Waals surface area contributed by atoms with E-state index in [1.54, 1.807) is 24.3 Å². The monoisotopic (exact) mass is 339 g/mol. The lowest BCUT2D eigenvalue weighted by molar-refractivity contribution is -0.166. The van der Waals surface area contributed by atoms with Gasteiger partial charge < -0.3 is 9.47 Å². The van der Waals surface area contributed by atoms with Crippen LogP contribution >= 0.6 is 0 Å². The van der Waals surface area contributed by atoms with Crippen LogP contribution in [0.2, 0.25) is 0 Å². The second kappa shape index (κ2) is 6.82. The average molecular weight is 339 g/mol. The van der Waals surface area contributed by atoms with E-state index in [-0.39, 0.29) is 25.0 Å². The standard InChI is InChI=1S/C16H19F2N3O3/c1-10-7-20(8-13(24-10)15(22)23-2)9-14-19-11-5-3-4-6-12(11)21(14)16(17)18/h3-6,10,13,16H,7-9H2,1-2H3/t10-,13?/m1/s1. The lowest BCUT2D eigenvalue weighted by Gasteiger charge is -2.35. The Bertz CT molecular complexity index is 734. The summed E-state index contributed by atoms with van der Waals surface area (Å²) < 4.78 is 38.2. The Morgan fingerprint density at radius 1 is 1.42 bits per heavy atom. The van der Waals surface area contributed by atoms with Crippen molar-refractivity contribution in [1.29, 1.82) is 0 Å². The maximum atomic E-state index is 13.5. The van der Waals surface area contributed by atoms with Crippen molar-refractivity contribution in [3.05, 3.63) is 30.1 Å². The highest BCUT2D eigenvalue weighted by Crippen LogP contribution is 2.25. The molecule has 1 fully saturated rings. The highest BCUT2D eigenvalue weighted by molar-refractivity contribution is 5.76. The molecule has 0 N–H and O–H groups in total. The molecule has 0 saturated carbocycles. The second-order valence-electron chi connectivity index (χ2n) is 5.82. The molecule has 8 heteroatoms. The van der Waals surface area contributed by atoms with Crippen molar-refractivity contribution in [2.45, 2.75) is 32.2 Å². The minimum absolute atomic E-state index is 0.202. The molecule has 0 radical (unpaired) electrons. The summed E-state index contributed by atoms with van der Waals surface area (Å²) in [6.07, 6.45) is -0.921. The minimum atomic E-state index is -2.68. The van der Waals surface area contributed by atoms with Crippen LogP contribution in [-0.2, 0) is 20.8 Å². The third-order valence-corrected chi connectivity index (χ3v) is 4.03. The number of alkyl halides is 2. The van der Waals surface area contributed by atoms with Crippen molar-refractivity contribution in [2.24, 2.45) is 0 Å². The molecule has 1 aliphatic heterocycles. The molecule has 1 saturated heterocycles. The summed E-state index contributed by atoms with van der Waals surface area (Å²) in [6.45, 7) is 0.171. The number of rotatable bonds is 4. The van der Waals surface area contributed by atoms with Gasteiger partial charge in [-0.3, -0.25) is 9.47 Å². The number of nitrogens with zero attached hydrogens (tertiary/aromatic N) is 3. The van der Waals surface area contributed by atoms with Crippen molar-refractivity contribution in [2.75, 3.05) is 20.2 Å². The molecule has 2 atom stereocenters. The van der Waals surface area contributed by atoms with Gasteiger partial charge in [0.1, 0.15) is 5.82 Å². The molecule has 1 aromatic carbocycles. The summed E-state index contributed by atoms with van der Waals surface area (Å²) in [6, 6.07) is 6.80. The van der Waals surface area contributed by atoms with Crippen molar-refractivity contribution < 1.29 is 23.0 Å². The first kappa shape index (κ1) is 16.8. The SMILES string of the molecule is COC(=O)C1CN(Cc2nc3ccccc3n2C(F)F)C[C@@H](C)O1. The third kappa shape index (κ3) is 3.25. The number of fused-ring (bicyclic) bond motifs is 1. The molecular formula is C16H19F2N3O3. The number of carbonyl (C=O) groups is 1. The summed E-state index contributed by atoms with van der Waals surface area (Å²) in [5.41, 5.74) is 0.923. The van der Waals surface area contributed by atoms with Gasteiger partial charge in [0.2, 0.25) is 0 Å². The largest absolute Gasteiger partial charge is 0.467 e. The van der Waals surface area contributed by atoms with E-state index in [4.69, 9.17) is 9.47 Å². The zero-order valence-corrected chi connectivity index (χ0v) is 13.5. The van der Waals surface area contributed by atoms with Gasteiger partial charge in [-0.05, 0) is 19.1 Å². The average Bonchev–Trinajstić information content (AvgIpc) is 2.91. The van der Waals surface area contributed by atoms with Crippen molar-refractivity contribution >= 4 is 17.0 Å². The highest BCUT2D eigenvalue weighted by atomic mass is 19.3. The van der Waals surface area contributed by atoms with Gasteiger partial charge in [0.25, 0.3) is 0 Å². The second-order valence-corrected chi connectivity index (χ2v) is 5.82. The molecule has 1 aliphatic rings. The summed E-state index contributed by atoms with van der Waals surface area (Å²) in [7, 11) is 1.30. The molecule has 0 spiro atoms. The molecule has 0 bridgehead atoms. The van der Waals surface area contributed by atoms with Crippen molar-refractivity contribution in [1.82, 2.24) is 14.5 Å². The molecule has 3 rings (SSSR count). The van der Waals surface area contributed by atoms with E-state index >= 15 is 0 Å². The minimum Gasteiger partial charge on any atom is -0.467 e. The Morgan fingerprint density at radius 3 is 2.88 bits per heavy atom. The predicted octanol–water partition coefficient (Wildman–Crippen LogP) is 2.19. The van der Waals surface area contributed by atoms with Gasteiger partial charge in [-0.15, -0.1) is 0 Å². The number of aromatic nitrogens is 2. The first-order chi connectivity index (χ1) is 11.5. The van der Waals surface area contributed by atoms with Crippen LogP contribution in [0.25, 0.3) is 11.0 Å². The number of benzene rings is 1. The van der Waals surface area contributed by atoms with Crippen molar-refractivity contribution in [3.63, 3.8) is 0 Å². The molecule has 0 amide bonds. The van der Waals surface area contributed by atoms with Gasteiger partial charge in [-0.1, -0.05) is 12.1 Å². The van der Waals surface area contributed by atoms with E-state index < -0.39 is 18.6 Å². The smallest absolute Gasteiger partial charge is 0.336 e. The third-order valence-electron chi connectivity index (χ3n) is 4.03. The number of methoxy groups -OCH3 is 1. The molecule has 1 aromatic heterocycles. The Balaban J connectivity index is 1.86. The van der Waals surface area contributed by atoms with Crippen LogP contribution in [0.1, 0.15) is 19.3 Å². The van der Waals surface area contributed by atoms with Crippen LogP contribution in [-0.4, -0.2) is 52.8 Å². The molecule has 1 unspecified atom stereocenters. The van der Waals surface area contributed by atoms with Crippen LogP contribution < -0.4 is 0 Å². The Morgan fingerprint density at radius 2 is 2.17 bits per heavy atom. The molecule has 130 valence electrons. The van der Waals surface area contributed by atoms with Gasteiger partial charge in [-0.25, -0.2) is 9.78 Å². The van der Waals surface area contributed by atoms with Gasteiger partial charge in [0.05, 0.1) is 30.8 Å². The summed E-state index contributed by atoms with van der Waals surface area (Å²) in [5, 5.41) is 0. The van der Waals surface area contributed by atoms with Crippen molar-refractivity contribution in [3.8, 4) is 0 Å². The number of ether oxygens (including phenoxy) is 2. The normalized spacial score (nSPS) is 22.2. The van der Waals surface area contributed by atoms with Gasteiger partial charge in [-0.2, -0.15) is 8.78 Å². The number of esters is 1. The topological polar surface area (TPSA) is 56.6 Å². The first-order valence-electron chi connectivity index (χ1n) is 7.69. The summed E-state index contributed by atoms with van der Waals surface area (Å²) >= 11 is 0. The Kier molecular flexibility index (Phi) is 4.77. The van der Waals surface area contributed by atoms with E-state index in [0.29, 0.717) is 17.6 Å². The van der Waals surface area contributed by atoms with Gasteiger partial charge in [0, 0.05) is 13.1 Å². The number of imidazole rings is 1. The first-order valence-corrected chi connectivity index (χ1v) is 7.69. The van der Waals surface area contributed by atoms with E-state index in [2.05, 4.69) is 4.98 Å². The highest BCUT2D eigenvalue weighted by Gasteiger charge is 2.32. The lowest BCUT2D eigenvalue weighted by Crippen LogP contribution is -2.49. The number of halogens is 2. The van der Waals surface area contributed by atoms with Gasteiger partial charge in [0.15, 0.2) is 6.10 Å². The zero-order valence-electron chi connectivity index (χ0n) is 13.5. The Hall–Kier alpha value is -2.06. The zero-order chi connectivity index (χ0) is 17.3. The van der Waals surface area contributed by atoms with E-state index in [0.717, 1.165) is 4.57 Å². The molecular weight excluding hydrogens is 320 g/mol. The molecule has 2 heterocycles. The number of hydrogen-bond donors (Lipinski definition) is 0. The van der Waals surface area contributed by atoms with Crippen LogP contribution in [0, 0.1) is 0 Å². The molecule has 6 nitrogen and oxygen atoms in total. The quantitative estimate of drug-likeness (QED) is 0.800. The fraction of sp³-hybridized carbons (Fsp3) is 0.500. The van der Waals surface area contributed by atoms with Crippen LogP contribution in [0.4, 0.5) is 8.78 Å². The van der Waals surface area contributed by atoms with Crippen LogP contribution in [0.5, 0.6) is 0 Å². The van der Waals surface area contributed by atoms with E-state index in [1.165, 1.54) is 7.11 Å². The predicted molar refractivity (Wildman–Crippen MR) is 82.6 cm³/mol. The number of morpholine rings is 1. The maximum absolute atomic E-state index is 13.5. The Labute approximate surface area is 138 Å². The van der Waals surface area contributed by atoms with E-state index in [1.807, 2.05) is 11.8 Å².